The summed E-state index contributed by atoms with van der Waals surface area (Å²) < 4.78 is 27.7. The maximum Gasteiger partial charge on any atom is 0.342 e. The van der Waals surface area contributed by atoms with Gasteiger partial charge in [0.25, 0.3) is 17.7 Å². The molecule has 0 saturated heterocycles. The van der Waals surface area contributed by atoms with E-state index in [-0.39, 0.29) is 37.7 Å². The summed E-state index contributed by atoms with van der Waals surface area (Å²) in [4.78, 5) is 51.8. The number of rotatable bonds is 7. The van der Waals surface area contributed by atoms with Gasteiger partial charge in [-0.2, -0.15) is 0 Å². The molecule has 9 nitrogen and oxygen atoms in total. The van der Waals surface area contributed by atoms with Crippen LogP contribution in [0.3, 0.4) is 0 Å². The number of sulfone groups is 1. The third-order valence-corrected chi connectivity index (χ3v) is 11.9. The number of amides is 3. The Morgan fingerprint density at radius 2 is 1.31 bits per heavy atom. The lowest BCUT2D eigenvalue weighted by molar-refractivity contribution is 0.0690. The van der Waals surface area contributed by atoms with Crippen molar-refractivity contribution in [2.45, 2.75) is 22.5 Å². The molecule has 5 rings (SSSR count). The molecular weight excluding hydrogens is 571 g/mol. The van der Waals surface area contributed by atoms with E-state index >= 15 is 0 Å². The smallest absolute Gasteiger partial charge is 0.342 e. The molecule has 1 aliphatic heterocycles. The Hall–Kier alpha value is -4.56. The van der Waals surface area contributed by atoms with Crippen LogP contribution in [0.1, 0.15) is 47.0 Å². The van der Waals surface area contributed by atoms with Gasteiger partial charge < -0.3 is 10.4 Å². The van der Waals surface area contributed by atoms with E-state index in [1.165, 1.54) is 49.5 Å². The number of carboxylic acid groups (broad SMARTS) is 1. The third-order valence-electron chi connectivity index (χ3n) is 7.39. The lowest BCUT2D eigenvalue weighted by Gasteiger charge is -2.14. The van der Waals surface area contributed by atoms with Crippen LogP contribution >= 0.6 is 0 Å². The quantitative estimate of drug-likeness (QED) is 0.247. The van der Waals surface area contributed by atoms with E-state index in [2.05, 4.69) is 5.32 Å². The van der Waals surface area contributed by atoms with Gasteiger partial charge in [0.15, 0.2) is 0 Å². The van der Waals surface area contributed by atoms with Gasteiger partial charge in [-0.1, -0.05) is 47.7 Å². The minimum absolute atomic E-state index is 0.0406. The van der Waals surface area contributed by atoms with Gasteiger partial charge in [0, 0.05) is 7.05 Å². The fourth-order valence-electron chi connectivity index (χ4n) is 4.92. The zero-order valence-corrected chi connectivity index (χ0v) is 24.9. The predicted molar refractivity (Wildman–Crippen MR) is 158 cm³/mol. The van der Waals surface area contributed by atoms with Crippen molar-refractivity contribution in [3.8, 4) is 0 Å². The first-order valence-electron chi connectivity index (χ1n) is 13.0. The Kier molecular flexibility index (Phi) is 7.60. The van der Waals surface area contributed by atoms with Crippen LogP contribution in [-0.2, 0) is 9.84 Å². The van der Waals surface area contributed by atoms with Crippen molar-refractivity contribution in [2.24, 2.45) is 0 Å². The van der Waals surface area contributed by atoms with E-state index in [0.29, 0.717) is 0 Å². The van der Waals surface area contributed by atoms with Crippen molar-refractivity contribution in [3.05, 3.63) is 113 Å². The lowest BCUT2D eigenvalue weighted by Crippen LogP contribution is -2.40. The topological polar surface area (TPSA) is 138 Å². The Morgan fingerprint density at radius 3 is 1.90 bits per heavy atom. The number of fused-ring (bicyclic) bond motifs is 1. The highest BCUT2D eigenvalue weighted by Crippen LogP contribution is 2.30. The van der Waals surface area contributed by atoms with Gasteiger partial charge in [0.1, 0.15) is 0 Å². The number of nitrogens with one attached hydrogen (secondary N) is 1. The first-order chi connectivity index (χ1) is 19.9. The number of aryl methyl sites for hydroxylation is 1. The molecule has 2 N–H and O–H groups in total. The summed E-state index contributed by atoms with van der Waals surface area (Å²) in [6.07, 6.45) is 0. The van der Waals surface area contributed by atoms with Gasteiger partial charge in [-0.3, -0.25) is 14.4 Å². The number of anilines is 1. The van der Waals surface area contributed by atoms with E-state index in [1.807, 2.05) is 12.7 Å². The summed E-state index contributed by atoms with van der Waals surface area (Å²) in [6.45, 7) is 1.86. The standard InChI is InChI=1S/C21H14NO4S.C9H8NO3.CH3.Al/c1-14-6-10-16(11-7-14)27(25,26)17-12-8-15(9-13-17)22-20(23)18-4-2-3-5-19(18)21(22)24;1-10-8(11)6-4-2-3-5-7(6)9(12)13;;/h2,4-13H,1H3;3-5H,1H3,(H,10,11)(H,12,13);1H3;. The van der Waals surface area contributed by atoms with Crippen molar-refractivity contribution < 1.29 is 32.7 Å². The van der Waals surface area contributed by atoms with Crippen LogP contribution in [0.5, 0.6) is 0 Å². The number of hydrogen-bond acceptors (Lipinski definition) is 6. The summed E-state index contributed by atoms with van der Waals surface area (Å²) >= 11 is -2.01. The SMILES string of the molecule is CNC(=O)c1c[c]([Al]([CH3])[c]2ccc3c(c2)C(=O)N(c2ccc(S(=O)(=O)c4ccc(C)cc4)cc2)C3=O)ccc1C(=O)O. The molecule has 0 radical (unpaired) electrons. The summed E-state index contributed by atoms with van der Waals surface area (Å²) in [6, 6.07) is 21.8. The summed E-state index contributed by atoms with van der Waals surface area (Å²) in [5.41, 5.74) is 1.57. The molecule has 0 aromatic heterocycles. The molecule has 1 aliphatic rings. The number of benzene rings is 4. The average molecular weight is 597 g/mol. The van der Waals surface area contributed by atoms with E-state index in [0.717, 1.165) is 19.3 Å². The fourth-order valence-corrected chi connectivity index (χ4v) is 8.17. The highest BCUT2D eigenvalue weighted by Gasteiger charge is 2.37. The molecular formula is C31H25AlN2O7S. The molecule has 11 heteroatoms. The number of carbonyl (C=O) groups is 4. The van der Waals surface area contributed by atoms with Gasteiger partial charge in [-0.05, 0) is 55.5 Å². The zero-order chi connectivity index (χ0) is 30.3. The number of carbonyl (C=O) groups excluding carboxylic acids is 3. The zero-order valence-electron chi connectivity index (χ0n) is 22.9. The summed E-state index contributed by atoms with van der Waals surface area (Å²) in [5, 5.41) is 11.9. The molecule has 0 aliphatic carbocycles. The molecule has 0 fully saturated rings. The van der Waals surface area contributed by atoms with Gasteiger partial charge in [-0.25, -0.2) is 18.1 Å². The second-order valence-electron chi connectivity index (χ2n) is 9.97. The van der Waals surface area contributed by atoms with Crippen molar-refractivity contribution >= 4 is 62.2 Å². The molecule has 4 aromatic rings. The second kappa shape index (κ2) is 11.0. The molecule has 210 valence electrons. The van der Waals surface area contributed by atoms with Gasteiger partial charge in [0.05, 0.1) is 37.7 Å². The number of hydrogen-bond donors (Lipinski definition) is 2. The Bertz CT molecular complexity index is 1890. The highest BCUT2D eigenvalue weighted by molar-refractivity contribution is 7.91. The molecule has 4 aromatic carbocycles. The first-order valence-corrected chi connectivity index (χ1v) is 16.8. The van der Waals surface area contributed by atoms with Crippen LogP contribution in [0.4, 0.5) is 5.69 Å². The van der Waals surface area contributed by atoms with E-state index in [4.69, 9.17) is 0 Å². The van der Waals surface area contributed by atoms with Crippen LogP contribution in [0.15, 0.2) is 94.7 Å². The van der Waals surface area contributed by atoms with Crippen LogP contribution in [-0.4, -0.2) is 58.4 Å². The lowest BCUT2D eigenvalue weighted by atomic mass is 10.1. The van der Waals surface area contributed by atoms with Crippen molar-refractivity contribution in [1.82, 2.24) is 5.32 Å². The summed E-state index contributed by atoms with van der Waals surface area (Å²) in [7, 11) is -2.35. The largest absolute Gasteiger partial charge is 0.478 e. The van der Waals surface area contributed by atoms with Crippen LogP contribution in [0.2, 0.25) is 5.79 Å². The monoisotopic (exact) mass is 596 g/mol. The normalized spacial score (nSPS) is 12.7. The van der Waals surface area contributed by atoms with Crippen LogP contribution in [0.25, 0.3) is 0 Å². The highest BCUT2D eigenvalue weighted by atomic mass is 32.2. The summed E-state index contributed by atoms with van der Waals surface area (Å²) in [5.74, 6) is -0.787. The third kappa shape index (κ3) is 5.03. The Labute approximate surface area is 246 Å². The molecule has 1 heterocycles. The van der Waals surface area contributed by atoms with Crippen LogP contribution in [0, 0.1) is 6.92 Å². The molecule has 0 saturated carbocycles. The van der Waals surface area contributed by atoms with E-state index in [1.54, 1.807) is 42.5 Å². The number of imide groups is 1. The van der Waals surface area contributed by atoms with E-state index in [9.17, 15) is 32.7 Å². The molecule has 0 spiro atoms. The second-order valence-corrected chi connectivity index (χ2v) is 14.7. The van der Waals surface area contributed by atoms with E-state index < -0.39 is 47.7 Å². The maximum atomic E-state index is 13.4. The number of carboxylic acids is 1. The van der Waals surface area contributed by atoms with Crippen molar-refractivity contribution in [1.29, 1.82) is 0 Å². The predicted octanol–water partition coefficient (Wildman–Crippen LogP) is 2.93. The average Bonchev–Trinajstić information content (AvgIpc) is 3.24. The van der Waals surface area contributed by atoms with Gasteiger partial charge in [-0.15, -0.1) is 8.85 Å². The molecule has 42 heavy (non-hydrogen) atoms. The van der Waals surface area contributed by atoms with Gasteiger partial charge >= 0.3 is 20.1 Å². The minimum Gasteiger partial charge on any atom is -0.478 e. The molecule has 3 amide bonds. The Balaban J connectivity index is 1.43. The molecule has 0 bridgehead atoms. The number of aromatic carboxylic acids is 1. The van der Waals surface area contributed by atoms with Gasteiger partial charge in [0.2, 0.25) is 9.84 Å². The number of nitrogens with zero attached hydrogens (tertiary/aromatic N) is 1. The minimum atomic E-state index is -3.78. The maximum absolute atomic E-state index is 13.4. The molecule has 0 atom stereocenters. The fraction of sp³-hybridized carbons (Fsp3) is 0.0968. The first kappa shape index (κ1) is 29.0. The van der Waals surface area contributed by atoms with Crippen molar-refractivity contribution in [2.75, 3.05) is 11.9 Å². The Morgan fingerprint density at radius 1 is 0.762 bits per heavy atom. The van der Waals surface area contributed by atoms with Crippen LogP contribution < -0.4 is 19.1 Å². The molecule has 0 unspecified atom stereocenters. The van der Waals surface area contributed by atoms with Crippen molar-refractivity contribution in [3.63, 3.8) is 0 Å².